The molecule has 2 aromatic rings. The van der Waals surface area contributed by atoms with Crippen molar-refractivity contribution in [1.29, 1.82) is 0 Å². The molecule has 2 atom stereocenters. The Morgan fingerprint density at radius 2 is 2.03 bits per heavy atom. The topological polar surface area (TPSA) is 149 Å². The van der Waals surface area contributed by atoms with Crippen LogP contribution in [0.4, 0.5) is 10.1 Å². The number of aliphatic imine (C=N–C) groups is 1. The highest BCUT2D eigenvalue weighted by Gasteiger charge is 2.54. The fourth-order valence-electron chi connectivity index (χ4n) is 3.71. The van der Waals surface area contributed by atoms with Gasteiger partial charge in [0.15, 0.2) is 0 Å². The first kappa shape index (κ1) is 24.3. The van der Waals surface area contributed by atoms with E-state index in [1.807, 2.05) is 0 Å². The van der Waals surface area contributed by atoms with E-state index in [-0.39, 0.29) is 35.2 Å². The maximum atomic E-state index is 15.1. The summed E-state index contributed by atoms with van der Waals surface area (Å²) >= 11 is 0. The van der Waals surface area contributed by atoms with E-state index in [0.717, 1.165) is 10.4 Å². The molecule has 1 aromatic carbocycles. The zero-order valence-electron chi connectivity index (χ0n) is 18.6. The van der Waals surface area contributed by atoms with Crippen molar-refractivity contribution in [3.8, 4) is 5.88 Å². The van der Waals surface area contributed by atoms with Gasteiger partial charge in [0, 0.05) is 25.4 Å². The molecule has 178 valence electrons. The molecule has 0 saturated carbocycles. The first-order valence-corrected chi connectivity index (χ1v) is 11.4. The van der Waals surface area contributed by atoms with Gasteiger partial charge in [0.05, 0.1) is 19.5 Å². The lowest BCUT2D eigenvalue weighted by molar-refractivity contribution is 0.0798. The number of guanidine groups is 1. The first-order valence-electron chi connectivity index (χ1n) is 9.94. The van der Waals surface area contributed by atoms with Crippen molar-refractivity contribution in [2.24, 2.45) is 10.7 Å². The third-order valence-electron chi connectivity index (χ3n) is 5.28. The number of nitrogens with one attached hydrogen (secondary N) is 1. The molecule has 1 amide bonds. The Balaban J connectivity index is 2.08. The molecule has 1 unspecified atom stereocenters. The Bertz CT molecular complexity index is 1170. The molecule has 0 spiro atoms. The fraction of sp³-hybridized carbons (Fsp3) is 0.400. The first-order chi connectivity index (χ1) is 15.6. The number of carbonyl (C=O) groups is 1. The molecule has 3 rings (SSSR count). The minimum absolute atomic E-state index is 0.00356. The van der Waals surface area contributed by atoms with Crippen LogP contribution < -0.4 is 15.8 Å². The van der Waals surface area contributed by atoms with Crippen molar-refractivity contribution in [2.45, 2.75) is 30.7 Å². The molecule has 3 N–H and O–H groups in total. The summed E-state index contributed by atoms with van der Waals surface area (Å²) in [5, 5.41) is 2.61. The number of hydrogen-bond acceptors (Lipinski definition) is 9. The van der Waals surface area contributed by atoms with Gasteiger partial charge >= 0.3 is 0 Å². The molecule has 0 fully saturated rings. The minimum atomic E-state index is -4.11. The van der Waals surface area contributed by atoms with Crippen molar-refractivity contribution in [1.82, 2.24) is 14.3 Å². The summed E-state index contributed by atoms with van der Waals surface area (Å²) in [4.78, 5) is 24.9. The number of anilines is 1. The van der Waals surface area contributed by atoms with Crippen LogP contribution in [0.1, 0.15) is 35.8 Å². The second kappa shape index (κ2) is 9.27. The number of methoxy groups -OCH3 is 2. The second-order valence-corrected chi connectivity index (χ2v) is 9.32. The third-order valence-corrected chi connectivity index (χ3v) is 7.36. The van der Waals surface area contributed by atoms with Gasteiger partial charge in [-0.1, -0.05) is 13.3 Å². The van der Waals surface area contributed by atoms with Crippen LogP contribution in [0.2, 0.25) is 0 Å². The van der Waals surface area contributed by atoms with E-state index in [1.54, 1.807) is 6.92 Å². The summed E-state index contributed by atoms with van der Waals surface area (Å²) in [5.74, 6) is -1.38. The molecular formula is C20H25FN6O5S. The monoisotopic (exact) mass is 480 g/mol. The molecule has 1 aliphatic rings. The van der Waals surface area contributed by atoms with E-state index in [2.05, 4.69) is 20.3 Å². The molecule has 0 aliphatic carbocycles. The van der Waals surface area contributed by atoms with Crippen LogP contribution in [0, 0.1) is 5.82 Å². The van der Waals surface area contributed by atoms with Crippen LogP contribution in [0.3, 0.4) is 0 Å². The van der Waals surface area contributed by atoms with Gasteiger partial charge in [-0.05, 0) is 24.6 Å². The quantitative estimate of drug-likeness (QED) is 0.604. The highest BCUT2D eigenvalue weighted by atomic mass is 32.2. The normalized spacial score (nSPS) is 21.9. The average molecular weight is 481 g/mol. The van der Waals surface area contributed by atoms with Crippen LogP contribution in [-0.2, 0) is 20.3 Å². The van der Waals surface area contributed by atoms with E-state index in [1.165, 1.54) is 45.8 Å². The Morgan fingerprint density at radius 3 is 2.61 bits per heavy atom. The zero-order chi connectivity index (χ0) is 24.4. The summed E-state index contributed by atoms with van der Waals surface area (Å²) in [6.07, 6.45) is 3.09. The van der Waals surface area contributed by atoms with Crippen molar-refractivity contribution in [3.05, 3.63) is 47.7 Å². The van der Waals surface area contributed by atoms with E-state index in [0.29, 0.717) is 6.42 Å². The Hall–Kier alpha value is -3.32. The van der Waals surface area contributed by atoms with Crippen LogP contribution in [-0.4, -0.2) is 61.3 Å². The average Bonchev–Trinajstić information content (AvgIpc) is 2.79. The van der Waals surface area contributed by atoms with Gasteiger partial charge in [-0.2, -0.15) is 0 Å². The van der Waals surface area contributed by atoms with Gasteiger partial charge in [-0.15, -0.1) is 0 Å². The smallest absolute Gasteiger partial charge is 0.275 e. The van der Waals surface area contributed by atoms with Gasteiger partial charge in [0.2, 0.25) is 17.3 Å². The van der Waals surface area contributed by atoms with Gasteiger partial charge in [-0.3, -0.25) is 4.79 Å². The molecular weight excluding hydrogens is 455 g/mol. The van der Waals surface area contributed by atoms with Crippen LogP contribution in [0.5, 0.6) is 5.88 Å². The summed E-state index contributed by atoms with van der Waals surface area (Å²) in [7, 11) is -0.232. The lowest BCUT2D eigenvalue weighted by Crippen LogP contribution is -2.58. The molecule has 0 bridgehead atoms. The van der Waals surface area contributed by atoms with Gasteiger partial charge < -0.3 is 20.5 Å². The molecule has 0 radical (unpaired) electrons. The minimum Gasteiger partial charge on any atom is -0.480 e. The highest BCUT2D eigenvalue weighted by molar-refractivity contribution is 7.90. The number of sulfonamides is 1. The standard InChI is InChI=1S/C20H25FN6O5S/c1-5-8-20(18(32-4)33(29,30)27(2)19(22)26-20)13-9-12(6-7-14(13)21)25-17(28)15-10-24-16(31-3)11-23-15/h6-7,9-11,18H,5,8H2,1-4H3,(H2,22,26)(H,25,28)/t18?,20-/m1/s1. The summed E-state index contributed by atoms with van der Waals surface area (Å²) in [6, 6.07) is 3.78. The number of rotatable bonds is 7. The fourth-order valence-corrected chi connectivity index (χ4v) is 5.33. The SMILES string of the molecule is CCC[C@]1(c2cc(NC(=O)c3cnc(OC)cn3)ccc2F)N=C(N)N(C)S(=O)(=O)C1OC. The Labute approximate surface area is 190 Å². The lowest BCUT2D eigenvalue weighted by atomic mass is 9.85. The number of aromatic nitrogens is 2. The largest absolute Gasteiger partial charge is 0.480 e. The summed E-state index contributed by atoms with van der Waals surface area (Å²) in [6.45, 7) is 1.80. The second-order valence-electron chi connectivity index (χ2n) is 7.32. The number of carbonyl (C=O) groups excluding carboxylic acids is 1. The van der Waals surface area contributed by atoms with Gasteiger partial charge in [0.25, 0.3) is 15.9 Å². The number of ether oxygens (including phenoxy) is 2. The van der Waals surface area contributed by atoms with Crippen molar-refractivity contribution in [3.63, 3.8) is 0 Å². The van der Waals surface area contributed by atoms with Gasteiger partial charge in [0.1, 0.15) is 17.1 Å². The highest BCUT2D eigenvalue weighted by Crippen LogP contribution is 2.43. The molecule has 0 saturated heterocycles. The maximum Gasteiger partial charge on any atom is 0.275 e. The van der Waals surface area contributed by atoms with Crippen LogP contribution in [0.15, 0.2) is 35.6 Å². The Morgan fingerprint density at radius 1 is 1.30 bits per heavy atom. The molecule has 11 nitrogen and oxygen atoms in total. The number of benzene rings is 1. The number of nitrogens with zero attached hydrogens (tertiary/aromatic N) is 4. The lowest BCUT2D eigenvalue weighted by Gasteiger charge is -2.42. The molecule has 33 heavy (non-hydrogen) atoms. The molecule has 13 heteroatoms. The van der Waals surface area contributed by atoms with E-state index < -0.39 is 32.7 Å². The third kappa shape index (κ3) is 4.33. The van der Waals surface area contributed by atoms with Crippen molar-refractivity contribution >= 4 is 27.6 Å². The molecule has 1 aliphatic heterocycles. The zero-order valence-corrected chi connectivity index (χ0v) is 19.4. The van der Waals surface area contributed by atoms with Gasteiger partial charge in [-0.25, -0.2) is 32.1 Å². The number of hydrogen-bond donors (Lipinski definition) is 2. The number of amides is 1. The number of nitrogens with two attached hydrogens (primary N) is 1. The molecule has 2 heterocycles. The van der Waals surface area contributed by atoms with Crippen LogP contribution in [0.25, 0.3) is 0 Å². The van der Waals surface area contributed by atoms with E-state index >= 15 is 4.39 Å². The van der Waals surface area contributed by atoms with E-state index in [9.17, 15) is 13.2 Å². The summed E-state index contributed by atoms with van der Waals surface area (Å²) < 4.78 is 52.3. The maximum absolute atomic E-state index is 15.1. The van der Waals surface area contributed by atoms with Crippen molar-refractivity contribution < 1.29 is 27.1 Å². The number of halogens is 1. The van der Waals surface area contributed by atoms with E-state index in [4.69, 9.17) is 15.2 Å². The van der Waals surface area contributed by atoms with Crippen molar-refractivity contribution in [2.75, 3.05) is 26.6 Å². The predicted octanol–water partition coefficient (Wildman–Crippen LogP) is 1.43. The van der Waals surface area contributed by atoms with Crippen LogP contribution >= 0.6 is 0 Å². The molecule has 1 aromatic heterocycles. The Kier molecular flexibility index (Phi) is 6.84. The summed E-state index contributed by atoms with van der Waals surface area (Å²) in [5.41, 5.74) is 2.84. The predicted molar refractivity (Wildman–Crippen MR) is 119 cm³/mol.